The third-order valence-corrected chi connectivity index (χ3v) is 8.57. The van der Waals surface area contributed by atoms with Crippen LogP contribution >= 0.6 is 27.3 Å². The van der Waals surface area contributed by atoms with Gasteiger partial charge in [0.05, 0.1) is 33.4 Å². The molecule has 4 heterocycles. The van der Waals surface area contributed by atoms with E-state index in [1.54, 1.807) is 43.3 Å². The lowest BCUT2D eigenvalue weighted by atomic mass is 9.94. The van der Waals surface area contributed by atoms with Crippen molar-refractivity contribution in [3.63, 3.8) is 0 Å². The summed E-state index contributed by atoms with van der Waals surface area (Å²) in [6.45, 7) is 3.99. The van der Waals surface area contributed by atoms with E-state index in [1.807, 2.05) is 13.0 Å². The number of hydrogen-bond donors (Lipinski definition) is 0. The highest BCUT2D eigenvalue weighted by Gasteiger charge is 2.35. The quantitative estimate of drug-likeness (QED) is 0.142. The van der Waals surface area contributed by atoms with E-state index in [1.165, 1.54) is 28.0 Å². The molecule has 6 rings (SSSR count). The zero-order chi connectivity index (χ0) is 30.2. The van der Waals surface area contributed by atoms with E-state index in [0.717, 1.165) is 6.42 Å². The molecule has 0 radical (unpaired) electrons. The Labute approximate surface area is 256 Å². The fourth-order valence-corrected chi connectivity index (χ4v) is 6.60. The average molecular weight is 667 g/mol. The molecule has 0 spiro atoms. The van der Waals surface area contributed by atoms with E-state index < -0.39 is 16.9 Å². The van der Waals surface area contributed by atoms with Crippen molar-refractivity contribution in [3.05, 3.63) is 105 Å². The van der Waals surface area contributed by atoms with Crippen LogP contribution in [0.2, 0.25) is 0 Å². The van der Waals surface area contributed by atoms with Gasteiger partial charge in [0.15, 0.2) is 16.3 Å². The van der Waals surface area contributed by atoms with Crippen LogP contribution < -0.4 is 24.4 Å². The Morgan fingerprint density at radius 2 is 2.00 bits per heavy atom. The van der Waals surface area contributed by atoms with Crippen molar-refractivity contribution in [1.82, 2.24) is 4.57 Å². The molecule has 0 saturated heterocycles. The summed E-state index contributed by atoms with van der Waals surface area (Å²) in [5, 5.41) is 11.1. The summed E-state index contributed by atoms with van der Waals surface area (Å²) in [6.07, 6.45) is 2.88. The number of fused-ring (bicyclic) bond motifs is 2. The van der Waals surface area contributed by atoms with Gasteiger partial charge in [0.2, 0.25) is 6.79 Å². The SMILES string of the molecule is CCCC1=C(C(=O)OCC)C(c2ccc3c(c2)OCO3)n2c(s/c(=C\c3ccc(-c4ccc([N+](=O)[O-])cc4Br)o3)c2=O)=N1. The number of esters is 1. The van der Waals surface area contributed by atoms with Crippen LogP contribution in [0, 0.1) is 10.1 Å². The maximum atomic E-state index is 14.0. The van der Waals surface area contributed by atoms with Crippen LogP contribution in [-0.2, 0) is 9.53 Å². The Hall–Kier alpha value is -4.49. The highest BCUT2D eigenvalue weighted by Crippen LogP contribution is 2.39. The van der Waals surface area contributed by atoms with Crippen LogP contribution in [0.25, 0.3) is 17.4 Å². The van der Waals surface area contributed by atoms with Crippen LogP contribution in [0.3, 0.4) is 0 Å². The number of carbonyl (C=O) groups excluding carboxylic acids is 1. The van der Waals surface area contributed by atoms with Gasteiger partial charge < -0.3 is 18.6 Å². The molecule has 0 amide bonds. The molecule has 4 aromatic rings. The van der Waals surface area contributed by atoms with Gasteiger partial charge in [-0.25, -0.2) is 9.79 Å². The first-order valence-electron chi connectivity index (χ1n) is 13.4. The van der Waals surface area contributed by atoms with Gasteiger partial charge in [0.1, 0.15) is 11.5 Å². The Morgan fingerprint density at radius 3 is 2.74 bits per heavy atom. The topological polar surface area (TPSA) is 135 Å². The van der Waals surface area contributed by atoms with E-state index in [-0.39, 0.29) is 24.6 Å². The van der Waals surface area contributed by atoms with Gasteiger partial charge in [-0.1, -0.05) is 30.7 Å². The molecule has 2 aromatic heterocycles. The standard InChI is InChI=1S/C30H24BrN3O8S/c1-3-5-21-26(29(36)39-4-2)27(16-6-10-23-24(12-16)41-15-40-23)33-28(35)25(43-30(33)32-21)14-18-8-11-22(42-18)19-9-7-17(34(37)38)13-20(19)31/h6-14,27H,3-5,15H2,1-2H3/b25-14-. The van der Waals surface area contributed by atoms with E-state index in [4.69, 9.17) is 23.6 Å². The van der Waals surface area contributed by atoms with Gasteiger partial charge in [-0.2, -0.15) is 0 Å². The fourth-order valence-electron chi connectivity index (χ4n) is 5.04. The summed E-state index contributed by atoms with van der Waals surface area (Å²) in [7, 11) is 0. The largest absolute Gasteiger partial charge is 0.463 e. The lowest BCUT2D eigenvalue weighted by Gasteiger charge is -2.25. The molecule has 0 aliphatic carbocycles. The van der Waals surface area contributed by atoms with Crippen molar-refractivity contribution in [1.29, 1.82) is 0 Å². The monoisotopic (exact) mass is 665 g/mol. The minimum Gasteiger partial charge on any atom is -0.463 e. The molecule has 0 N–H and O–H groups in total. The molecule has 2 aliphatic rings. The molecule has 11 nitrogen and oxygen atoms in total. The van der Waals surface area contributed by atoms with Crippen molar-refractivity contribution < 1.29 is 28.3 Å². The number of nitro benzene ring substituents is 1. The van der Waals surface area contributed by atoms with Gasteiger partial charge in [0.25, 0.3) is 11.2 Å². The molecule has 2 aliphatic heterocycles. The third-order valence-electron chi connectivity index (χ3n) is 6.93. The summed E-state index contributed by atoms with van der Waals surface area (Å²) < 4.78 is 24.9. The number of benzene rings is 2. The molecule has 43 heavy (non-hydrogen) atoms. The molecular formula is C30H24BrN3O8S. The second kappa shape index (κ2) is 11.7. The Kier molecular flexibility index (Phi) is 7.75. The summed E-state index contributed by atoms with van der Waals surface area (Å²) >= 11 is 4.57. The first kappa shape index (κ1) is 28.6. The number of aromatic nitrogens is 1. The van der Waals surface area contributed by atoms with Gasteiger partial charge in [-0.05, 0) is 65.2 Å². The van der Waals surface area contributed by atoms with Gasteiger partial charge >= 0.3 is 5.97 Å². The number of rotatable bonds is 8. The van der Waals surface area contributed by atoms with Crippen molar-refractivity contribution in [2.45, 2.75) is 32.7 Å². The first-order chi connectivity index (χ1) is 20.8. The zero-order valence-electron chi connectivity index (χ0n) is 23.0. The number of nitrogens with zero attached hydrogens (tertiary/aromatic N) is 3. The molecule has 1 atom stereocenters. The molecule has 220 valence electrons. The van der Waals surface area contributed by atoms with Crippen LogP contribution in [-0.4, -0.2) is 28.9 Å². The number of furan rings is 1. The molecule has 0 saturated carbocycles. The molecule has 0 bridgehead atoms. The maximum absolute atomic E-state index is 14.0. The number of halogens is 1. The Morgan fingerprint density at radius 1 is 1.19 bits per heavy atom. The zero-order valence-corrected chi connectivity index (χ0v) is 25.4. The maximum Gasteiger partial charge on any atom is 0.338 e. The van der Waals surface area contributed by atoms with Crippen molar-refractivity contribution >= 4 is 45.0 Å². The van der Waals surface area contributed by atoms with E-state index in [2.05, 4.69) is 15.9 Å². The van der Waals surface area contributed by atoms with E-state index >= 15 is 0 Å². The molecule has 0 fully saturated rings. The van der Waals surface area contributed by atoms with Crippen molar-refractivity contribution in [2.24, 2.45) is 4.99 Å². The first-order valence-corrected chi connectivity index (χ1v) is 15.1. The molecule has 2 aromatic carbocycles. The number of allylic oxidation sites excluding steroid dienone is 1. The predicted octanol–water partition coefficient (Wildman–Crippen LogP) is 5.24. The van der Waals surface area contributed by atoms with Gasteiger partial charge in [-0.3, -0.25) is 19.5 Å². The highest BCUT2D eigenvalue weighted by atomic mass is 79.9. The van der Waals surface area contributed by atoms with Crippen LogP contribution in [0.5, 0.6) is 11.5 Å². The second-order valence-corrected chi connectivity index (χ2v) is 11.5. The number of nitro groups is 1. The number of hydrogen-bond acceptors (Lipinski definition) is 10. The van der Waals surface area contributed by atoms with Crippen molar-refractivity contribution in [3.8, 4) is 22.8 Å². The summed E-state index contributed by atoms with van der Waals surface area (Å²) in [5.74, 6) is 1.45. The lowest BCUT2D eigenvalue weighted by Crippen LogP contribution is -2.40. The molecule has 13 heteroatoms. The van der Waals surface area contributed by atoms with Crippen LogP contribution in [0.1, 0.15) is 44.1 Å². The number of thiazole rings is 1. The summed E-state index contributed by atoms with van der Waals surface area (Å²) in [4.78, 5) is 43.2. The smallest absolute Gasteiger partial charge is 0.338 e. The minimum absolute atomic E-state index is 0.0508. The summed E-state index contributed by atoms with van der Waals surface area (Å²) in [6, 6.07) is 12.4. The predicted molar refractivity (Wildman–Crippen MR) is 161 cm³/mol. The molecular weight excluding hydrogens is 642 g/mol. The number of carbonyl (C=O) groups is 1. The van der Waals surface area contributed by atoms with E-state index in [0.29, 0.717) is 65.6 Å². The highest BCUT2D eigenvalue weighted by molar-refractivity contribution is 9.10. The third kappa shape index (κ3) is 5.30. The average Bonchev–Trinajstić information content (AvgIpc) is 3.72. The second-order valence-electron chi connectivity index (χ2n) is 9.65. The lowest BCUT2D eigenvalue weighted by molar-refractivity contribution is -0.384. The number of non-ortho nitro benzene ring substituents is 1. The van der Waals surface area contributed by atoms with Crippen LogP contribution in [0.4, 0.5) is 5.69 Å². The fraction of sp³-hybridized carbons (Fsp3) is 0.233. The Balaban J connectivity index is 1.48. The van der Waals surface area contributed by atoms with Gasteiger partial charge in [0, 0.05) is 28.2 Å². The molecule has 1 unspecified atom stereocenters. The number of ether oxygens (including phenoxy) is 3. The normalized spacial score (nSPS) is 15.8. The van der Waals surface area contributed by atoms with Gasteiger partial charge in [-0.15, -0.1) is 0 Å². The van der Waals surface area contributed by atoms with Crippen molar-refractivity contribution in [2.75, 3.05) is 13.4 Å². The summed E-state index contributed by atoms with van der Waals surface area (Å²) in [5.41, 5.74) is 1.76. The Bertz CT molecular complexity index is 1990. The minimum atomic E-state index is -0.795. The van der Waals surface area contributed by atoms with E-state index in [9.17, 15) is 19.7 Å². The van der Waals surface area contributed by atoms with Crippen LogP contribution in [0.15, 0.2) is 78.5 Å².